The zero-order valence-electron chi connectivity index (χ0n) is 9.41. The first kappa shape index (κ1) is 11.8. The zero-order valence-corrected chi connectivity index (χ0v) is 9.41. The summed E-state index contributed by atoms with van der Waals surface area (Å²) in [6.45, 7) is 1.61. The van der Waals surface area contributed by atoms with Gasteiger partial charge in [0.2, 0.25) is 0 Å². The van der Waals surface area contributed by atoms with Gasteiger partial charge in [0, 0.05) is 17.7 Å². The van der Waals surface area contributed by atoms with Crippen LogP contribution in [0, 0.1) is 17.0 Å². The quantitative estimate of drug-likeness (QED) is 0.664. The number of non-ortho nitro benzene ring substituents is 1. The van der Waals surface area contributed by atoms with Crippen molar-refractivity contribution in [2.24, 2.45) is 0 Å². The lowest BCUT2D eigenvalue weighted by Gasteiger charge is -2.07. The second-order valence-corrected chi connectivity index (χ2v) is 3.72. The molecule has 2 rings (SSSR count). The Kier molecular flexibility index (Phi) is 2.85. The van der Waals surface area contributed by atoms with Gasteiger partial charge < -0.3 is 9.52 Å². The van der Waals surface area contributed by atoms with Gasteiger partial charge in [0.05, 0.1) is 16.7 Å². The van der Waals surface area contributed by atoms with Crippen LogP contribution in [0.2, 0.25) is 0 Å². The molecule has 0 saturated carbocycles. The number of nitrogens with zero attached hydrogens (tertiary/aromatic N) is 1. The highest BCUT2D eigenvalue weighted by atomic mass is 16.6. The number of aromatic carboxylic acids is 1. The predicted molar refractivity (Wildman–Crippen MR) is 62.5 cm³/mol. The Labute approximate surface area is 102 Å². The third-order valence-electron chi connectivity index (χ3n) is 2.53. The Balaban J connectivity index is 2.73. The van der Waals surface area contributed by atoms with Crippen LogP contribution in [0.15, 0.2) is 34.9 Å². The van der Waals surface area contributed by atoms with E-state index >= 15 is 0 Å². The number of aryl methyl sites for hydroxylation is 1. The van der Waals surface area contributed by atoms with Gasteiger partial charge in [-0.1, -0.05) is 0 Å². The topological polar surface area (TPSA) is 93.6 Å². The van der Waals surface area contributed by atoms with Crippen LogP contribution in [0.4, 0.5) is 5.69 Å². The molecule has 0 aliphatic heterocycles. The molecule has 0 aliphatic carbocycles. The fourth-order valence-electron chi connectivity index (χ4n) is 1.79. The van der Waals surface area contributed by atoms with Gasteiger partial charge in [-0.25, -0.2) is 4.79 Å². The van der Waals surface area contributed by atoms with E-state index in [1.165, 1.54) is 12.3 Å². The molecule has 0 unspecified atom stereocenters. The molecule has 0 bridgehead atoms. The molecule has 0 atom stereocenters. The molecule has 1 N–H and O–H groups in total. The monoisotopic (exact) mass is 247 g/mol. The molecule has 0 aliphatic rings. The maximum absolute atomic E-state index is 11.2. The summed E-state index contributed by atoms with van der Waals surface area (Å²) in [6.07, 6.45) is 1.42. The van der Waals surface area contributed by atoms with Gasteiger partial charge in [-0.05, 0) is 24.6 Å². The number of carboxylic acid groups (broad SMARTS) is 1. The number of carbonyl (C=O) groups is 1. The first-order chi connectivity index (χ1) is 8.50. The first-order valence-electron chi connectivity index (χ1n) is 5.07. The highest BCUT2D eigenvalue weighted by molar-refractivity contribution is 5.97. The largest absolute Gasteiger partial charge is 0.478 e. The van der Waals surface area contributed by atoms with Crippen molar-refractivity contribution in [3.8, 4) is 11.3 Å². The number of hydrogen-bond acceptors (Lipinski definition) is 4. The summed E-state index contributed by atoms with van der Waals surface area (Å²) in [7, 11) is 0. The smallest absolute Gasteiger partial charge is 0.336 e. The number of rotatable bonds is 3. The molecule has 0 fully saturated rings. The van der Waals surface area contributed by atoms with E-state index in [1.54, 1.807) is 19.1 Å². The Morgan fingerprint density at radius 2 is 2.17 bits per heavy atom. The predicted octanol–water partition coefficient (Wildman–Crippen LogP) is 2.86. The maximum Gasteiger partial charge on any atom is 0.336 e. The second-order valence-electron chi connectivity index (χ2n) is 3.72. The summed E-state index contributed by atoms with van der Waals surface area (Å²) in [4.78, 5) is 21.3. The van der Waals surface area contributed by atoms with Gasteiger partial charge in [0.15, 0.2) is 0 Å². The van der Waals surface area contributed by atoms with Crippen LogP contribution < -0.4 is 0 Å². The van der Waals surface area contributed by atoms with E-state index in [4.69, 9.17) is 9.52 Å². The molecule has 18 heavy (non-hydrogen) atoms. The van der Waals surface area contributed by atoms with Crippen LogP contribution >= 0.6 is 0 Å². The Morgan fingerprint density at radius 1 is 1.44 bits per heavy atom. The molecular weight excluding hydrogens is 238 g/mol. The van der Waals surface area contributed by atoms with Crippen LogP contribution in [0.25, 0.3) is 11.3 Å². The van der Waals surface area contributed by atoms with Crippen molar-refractivity contribution in [1.82, 2.24) is 0 Å². The normalized spacial score (nSPS) is 10.3. The van der Waals surface area contributed by atoms with Gasteiger partial charge >= 0.3 is 5.97 Å². The third kappa shape index (κ3) is 1.95. The van der Waals surface area contributed by atoms with Crippen molar-refractivity contribution in [3.63, 3.8) is 0 Å². The van der Waals surface area contributed by atoms with E-state index < -0.39 is 10.9 Å². The average Bonchev–Trinajstić information content (AvgIpc) is 2.80. The fraction of sp³-hybridized carbons (Fsp3) is 0.0833. The first-order valence-corrected chi connectivity index (χ1v) is 5.07. The summed E-state index contributed by atoms with van der Waals surface area (Å²) in [5, 5.41) is 19.8. The molecule has 0 saturated heterocycles. The van der Waals surface area contributed by atoms with Gasteiger partial charge in [-0.15, -0.1) is 0 Å². The number of hydrogen-bond donors (Lipinski definition) is 1. The summed E-state index contributed by atoms with van der Waals surface area (Å²) in [5.74, 6) is -0.854. The van der Waals surface area contributed by atoms with Gasteiger partial charge in [-0.2, -0.15) is 0 Å². The standard InChI is InChI=1S/C12H9NO5/c1-7-5-8(13(16)17)6-9(12(14)15)11(7)10-3-2-4-18-10/h2-6H,1H3,(H,14,15). The zero-order chi connectivity index (χ0) is 13.3. The van der Waals surface area contributed by atoms with Crippen molar-refractivity contribution >= 4 is 11.7 Å². The lowest BCUT2D eigenvalue weighted by atomic mass is 9.99. The Morgan fingerprint density at radius 3 is 2.67 bits per heavy atom. The van der Waals surface area contributed by atoms with Gasteiger partial charge in [0.1, 0.15) is 5.76 Å². The van der Waals surface area contributed by atoms with Gasteiger partial charge in [-0.3, -0.25) is 10.1 Å². The number of furan rings is 1. The second kappa shape index (κ2) is 4.33. The number of carboxylic acids is 1. The number of nitro groups is 1. The van der Waals surface area contributed by atoms with E-state index in [0.717, 1.165) is 6.07 Å². The number of benzene rings is 1. The molecule has 0 amide bonds. The van der Waals surface area contributed by atoms with E-state index in [-0.39, 0.29) is 11.3 Å². The van der Waals surface area contributed by atoms with E-state index in [2.05, 4.69) is 0 Å². The van der Waals surface area contributed by atoms with E-state index in [1.807, 2.05) is 0 Å². The van der Waals surface area contributed by atoms with Crippen molar-refractivity contribution in [2.45, 2.75) is 6.92 Å². The highest BCUT2D eigenvalue weighted by Gasteiger charge is 2.21. The molecule has 0 radical (unpaired) electrons. The maximum atomic E-state index is 11.2. The minimum absolute atomic E-state index is 0.142. The molecule has 92 valence electrons. The molecular formula is C12H9NO5. The minimum atomic E-state index is -1.23. The summed E-state index contributed by atoms with van der Waals surface area (Å²) in [5.41, 5.74) is 0.450. The molecule has 1 aromatic carbocycles. The summed E-state index contributed by atoms with van der Waals surface area (Å²) in [6, 6.07) is 5.60. The molecule has 1 aromatic heterocycles. The highest BCUT2D eigenvalue weighted by Crippen LogP contribution is 2.31. The van der Waals surface area contributed by atoms with Crippen LogP contribution in [0.1, 0.15) is 15.9 Å². The summed E-state index contributed by atoms with van der Waals surface area (Å²) >= 11 is 0. The molecule has 0 spiro atoms. The van der Waals surface area contributed by atoms with E-state index in [0.29, 0.717) is 16.9 Å². The molecule has 1 heterocycles. The molecule has 2 aromatic rings. The van der Waals surface area contributed by atoms with Crippen LogP contribution in [-0.4, -0.2) is 16.0 Å². The average molecular weight is 247 g/mol. The van der Waals surface area contributed by atoms with Crippen LogP contribution in [0.5, 0.6) is 0 Å². The molecule has 6 heteroatoms. The van der Waals surface area contributed by atoms with Gasteiger partial charge in [0.25, 0.3) is 5.69 Å². The number of nitro benzene ring substituents is 1. The Bertz CT molecular complexity index is 616. The fourth-order valence-corrected chi connectivity index (χ4v) is 1.79. The SMILES string of the molecule is Cc1cc([N+](=O)[O-])cc(C(=O)O)c1-c1ccco1. The lowest BCUT2D eigenvalue weighted by Crippen LogP contribution is -2.03. The van der Waals surface area contributed by atoms with Crippen LogP contribution in [-0.2, 0) is 0 Å². The van der Waals surface area contributed by atoms with Crippen LogP contribution in [0.3, 0.4) is 0 Å². The van der Waals surface area contributed by atoms with Crippen molar-refractivity contribution in [2.75, 3.05) is 0 Å². The lowest BCUT2D eigenvalue weighted by molar-refractivity contribution is -0.384. The van der Waals surface area contributed by atoms with Crippen molar-refractivity contribution < 1.29 is 19.2 Å². The summed E-state index contributed by atoms with van der Waals surface area (Å²) < 4.78 is 5.16. The van der Waals surface area contributed by atoms with E-state index in [9.17, 15) is 14.9 Å². The minimum Gasteiger partial charge on any atom is -0.478 e. The third-order valence-corrected chi connectivity index (χ3v) is 2.53. The Hall–Kier alpha value is -2.63. The molecule has 6 nitrogen and oxygen atoms in total. The van der Waals surface area contributed by atoms with Crippen molar-refractivity contribution in [1.29, 1.82) is 0 Å². The van der Waals surface area contributed by atoms with Crippen molar-refractivity contribution in [3.05, 3.63) is 51.8 Å².